The summed E-state index contributed by atoms with van der Waals surface area (Å²) in [6.07, 6.45) is 8.67. The molecule has 29 heavy (non-hydrogen) atoms. The van der Waals surface area contributed by atoms with E-state index in [-0.39, 0.29) is 17.7 Å². The number of benzene rings is 1. The fraction of sp³-hybridized carbons (Fsp3) is 0.565. The minimum Gasteiger partial charge on any atom is -0.493 e. The molecule has 1 aliphatic heterocycles. The first-order valence-corrected chi connectivity index (χ1v) is 10.7. The van der Waals surface area contributed by atoms with Gasteiger partial charge in [0.15, 0.2) is 11.5 Å². The number of hydrogen-bond acceptors (Lipinski definition) is 4. The Morgan fingerprint density at radius 1 is 1.10 bits per heavy atom. The molecule has 6 heteroatoms. The van der Waals surface area contributed by atoms with Crippen molar-refractivity contribution in [2.24, 2.45) is 5.92 Å². The molecule has 0 radical (unpaired) electrons. The molecule has 0 N–H and O–H groups in total. The third-order valence-electron chi connectivity index (χ3n) is 5.72. The number of carbonyl (C=O) groups is 2. The lowest BCUT2D eigenvalue weighted by Crippen LogP contribution is -2.52. The summed E-state index contributed by atoms with van der Waals surface area (Å²) in [5, 5.41) is 0. The second kappa shape index (κ2) is 10.3. The number of piperazine rings is 1. The normalized spacial score (nSPS) is 17.3. The molecule has 0 aromatic heterocycles. The highest BCUT2D eigenvalue weighted by Crippen LogP contribution is 2.29. The summed E-state index contributed by atoms with van der Waals surface area (Å²) in [6.45, 7) is 5.23. The van der Waals surface area contributed by atoms with E-state index in [1.807, 2.05) is 23.1 Å². The van der Waals surface area contributed by atoms with Crippen molar-refractivity contribution < 1.29 is 19.1 Å². The van der Waals surface area contributed by atoms with Gasteiger partial charge in [0.05, 0.1) is 13.7 Å². The lowest BCUT2D eigenvalue weighted by atomic mass is 9.84. The summed E-state index contributed by atoms with van der Waals surface area (Å²) in [6, 6.07) is 5.67. The van der Waals surface area contributed by atoms with Crippen molar-refractivity contribution in [1.82, 2.24) is 9.80 Å². The van der Waals surface area contributed by atoms with E-state index in [2.05, 4.69) is 6.92 Å². The van der Waals surface area contributed by atoms with E-state index in [9.17, 15) is 9.59 Å². The first kappa shape index (κ1) is 21.2. The lowest BCUT2D eigenvalue weighted by Gasteiger charge is -2.37. The molecular weight excluding hydrogens is 368 g/mol. The van der Waals surface area contributed by atoms with E-state index in [1.165, 1.54) is 0 Å². The van der Waals surface area contributed by atoms with Crippen molar-refractivity contribution in [3.05, 3.63) is 29.8 Å². The van der Waals surface area contributed by atoms with Crippen LogP contribution in [0.1, 0.15) is 44.6 Å². The van der Waals surface area contributed by atoms with Crippen molar-refractivity contribution in [3.8, 4) is 11.5 Å². The van der Waals surface area contributed by atoms with Gasteiger partial charge in [0.25, 0.3) is 0 Å². The quantitative estimate of drug-likeness (QED) is 0.496. The zero-order valence-corrected chi connectivity index (χ0v) is 17.6. The van der Waals surface area contributed by atoms with Crippen LogP contribution in [0.25, 0.3) is 6.08 Å². The topological polar surface area (TPSA) is 59.1 Å². The van der Waals surface area contributed by atoms with Crippen molar-refractivity contribution in [2.45, 2.75) is 39.0 Å². The molecule has 1 aliphatic carbocycles. The Bertz CT molecular complexity index is 734. The van der Waals surface area contributed by atoms with E-state index in [0.717, 1.165) is 43.4 Å². The molecule has 0 bridgehead atoms. The van der Waals surface area contributed by atoms with Crippen molar-refractivity contribution in [3.63, 3.8) is 0 Å². The Morgan fingerprint density at radius 2 is 1.83 bits per heavy atom. The number of ether oxygens (including phenoxy) is 2. The van der Waals surface area contributed by atoms with E-state index < -0.39 is 0 Å². The van der Waals surface area contributed by atoms with E-state index in [4.69, 9.17) is 9.47 Å². The maximum Gasteiger partial charge on any atom is 0.246 e. The van der Waals surface area contributed by atoms with Gasteiger partial charge in [0.2, 0.25) is 11.8 Å². The van der Waals surface area contributed by atoms with Gasteiger partial charge in [0.1, 0.15) is 0 Å². The third kappa shape index (κ3) is 5.52. The third-order valence-corrected chi connectivity index (χ3v) is 5.72. The largest absolute Gasteiger partial charge is 0.493 e. The monoisotopic (exact) mass is 400 g/mol. The molecule has 0 unspecified atom stereocenters. The van der Waals surface area contributed by atoms with Gasteiger partial charge in [-0.25, -0.2) is 0 Å². The highest BCUT2D eigenvalue weighted by Gasteiger charge is 2.31. The number of nitrogens with zero attached hydrogens (tertiary/aromatic N) is 2. The highest BCUT2D eigenvalue weighted by atomic mass is 16.5. The van der Waals surface area contributed by atoms with E-state index in [1.54, 1.807) is 24.2 Å². The minimum atomic E-state index is -0.0250. The van der Waals surface area contributed by atoms with Crippen molar-refractivity contribution in [2.75, 3.05) is 39.9 Å². The second-order valence-electron chi connectivity index (χ2n) is 7.72. The molecule has 2 amide bonds. The van der Waals surface area contributed by atoms with Crippen LogP contribution in [0, 0.1) is 5.92 Å². The lowest BCUT2D eigenvalue weighted by molar-refractivity contribution is -0.142. The van der Waals surface area contributed by atoms with Gasteiger partial charge in [-0.15, -0.1) is 0 Å². The molecule has 1 saturated carbocycles. The smallest absolute Gasteiger partial charge is 0.246 e. The molecule has 1 saturated heterocycles. The minimum absolute atomic E-state index is 0.0250. The van der Waals surface area contributed by atoms with Crippen molar-refractivity contribution in [1.29, 1.82) is 0 Å². The predicted octanol–water partition coefficient (Wildman–Crippen LogP) is 3.36. The fourth-order valence-corrected chi connectivity index (χ4v) is 3.57. The van der Waals surface area contributed by atoms with Crippen LogP contribution in [0.4, 0.5) is 0 Å². The summed E-state index contributed by atoms with van der Waals surface area (Å²) in [5.41, 5.74) is 0.886. The van der Waals surface area contributed by atoms with Crippen LogP contribution < -0.4 is 9.47 Å². The molecule has 6 nitrogen and oxygen atoms in total. The van der Waals surface area contributed by atoms with Gasteiger partial charge < -0.3 is 19.3 Å². The molecule has 158 valence electrons. The average molecular weight is 401 g/mol. The number of hydrogen-bond donors (Lipinski definition) is 0. The summed E-state index contributed by atoms with van der Waals surface area (Å²) >= 11 is 0. The molecule has 2 fully saturated rings. The Hall–Kier alpha value is -2.50. The first-order chi connectivity index (χ1) is 14.1. The summed E-state index contributed by atoms with van der Waals surface area (Å²) in [5.74, 6) is 1.85. The van der Waals surface area contributed by atoms with Gasteiger partial charge >= 0.3 is 0 Å². The van der Waals surface area contributed by atoms with Gasteiger partial charge in [-0.1, -0.05) is 25.8 Å². The number of methoxy groups -OCH3 is 1. The SMILES string of the molecule is CCCCOc1ccc(/C=C/C(=O)N2CCN(C(=O)C3CCC3)CC2)cc1OC. The summed E-state index contributed by atoms with van der Waals surface area (Å²) < 4.78 is 11.2. The van der Waals surface area contributed by atoms with Crippen molar-refractivity contribution >= 4 is 17.9 Å². The first-order valence-electron chi connectivity index (χ1n) is 10.7. The average Bonchev–Trinajstić information content (AvgIpc) is 2.71. The molecule has 2 aliphatic rings. The molecule has 1 aromatic carbocycles. The van der Waals surface area contributed by atoms with Crippen LogP contribution in [-0.2, 0) is 9.59 Å². The molecule has 3 rings (SSSR count). The number of carbonyl (C=O) groups excluding carboxylic acids is 2. The maximum atomic E-state index is 12.5. The van der Waals surface area contributed by atoms with Crippen LogP contribution in [0.3, 0.4) is 0 Å². The van der Waals surface area contributed by atoms with Crippen LogP contribution in [0.2, 0.25) is 0 Å². The summed E-state index contributed by atoms with van der Waals surface area (Å²) in [7, 11) is 1.62. The van der Waals surface area contributed by atoms with Gasteiger partial charge in [-0.2, -0.15) is 0 Å². The van der Waals surface area contributed by atoms with Crippen LogP contribution in [0.5, 0.6) is 11.5 Å². The number of amides is 2. The molecule has 1 aromatic rings. The summed E-state index contributed by atoms with van der Waals surface area (Å²) in [4.78, 5) is 28.6. The number of rotatable bonds is 8. The standard InChI is InChI=1S/C23H32N2O4/c1-3-4-16-29-20-10-8-18(17-21(20)28-2)9-11-22(26)24-12-14-25(15-13-24)23(27)19-6-5-7-19/h8-11,17,19H,3-7,12-16H2,1-2H3/b11-9+. The Labute approximate surface area is 173 Å². The van der Waals surface area contributed by atoms with Crippen LogP contribution >= 0.6 is 0 Å². The van der Waals surface area contributed by atoms with E-state index in [0.29, 0.717) is 38.5 Å². The van der Waals surface area contributed by atoms with E-state index >= 15 is 0 Å². The fourth-order valence-electron chi connectivity index (χ4n) is 3.57. The van der Waals surface area contributed by atoms with Gasteiger partial charge in [-0.3, -0.25) is 9.59 Å². The molecule has 0 atom stereocenters. The van der Waals surface area contributed by atoms with Crippen LogP contribution in [0.15, 0.2) is 24.3 Å². The molecule has 1 heterocycles. The Morgan fingerprint density at radius 3 is 2.45 bits per heavy atom. The maximum absolute atomic E-state index is 12.5. The number of unbranched alkanes of at least 4 members (excludes halogenated alkanes) is 1. The Balaban J connectivity index is 1.51. The predicted molar refractivity (Wildman–Crippen MR) is 113 cm³/mol. The zero-order chi connectivity index (χ0) is 20.6. The van der Waals surface area contributed by atoms with Gasteiger partial charge in [-0.05, 0) is 43.0 Å². The highest BCUT2D eigenvalue weighted by molar-refractivity contribution is 5.92. The second-order valence-corrected chi connectivity index (χ2v) is 7.72. The van der Waals surface area contributed by atoms with Crippen LogP contribution in [-0.4, -0.2) is 61.5 Å². The van der Waals surface area contributed by atoms with Gasteiger partial charge in [0, 0.05) is 38.2 Å². The zero-order valence-electron chi connectivity index (χ0n) is 17.6. The molecule has 0 spiro atoms. The molecular formula is C23H32N2O4. The Kier molecular flexibility index (Phi) is 7.55.